The van der Waals surface area contributed by atoms with Crippen LogP contribution < -0.4 is 5.32 Å². The van der Waals surface area contributed by atoms with Crippen LogP contribution in [0.5, 0.6) is 0 Å². The van der Waals surface area contributed by atoms with E-state index in [-0.39, 0.29) is 0 Å². The molecule has 1 fully saturated rings. The number of nitrogens with one attached hydrogen (secondary N) is 1. The highest BCUT2D eigenvalue weighted by Gasteiger charge is 2.19. The molecule has 0 heterocycles. The second-order valence-corrected chi connectivity index (χ2v) is 3.89. The Labute approximate surface area is 81.9 Å². The van der Waals surface area contributed by atoms with Crippen molar-refractivity contribution in [3.63, 3.8) is 0 Å². The maximum absolute atomic E-state index is 3.72. The quantitative estimate of drug-likeness (QED) is 0.468. The molecule has 1 saturated carbocycles. The molecule has 74 valence electrons. The van der Waals surface area contributed by atoms with E-state index in [0.717, 1.165) is 19.0 Å². The monoisotopic (exact) mass is 179 g/mol. The van der Waals surface area contributed by atoms with Crippen LogP contribution in [0.4, 0.5) is 0 Å². The maximum Gasteiger partial charge on any atom is 0.00683 e. The molecular formula is C12H21N. The molecule has 0 radical (unpaired) electrons. The van der Waals surface area contributed by atoms with Crippen LogP contribution in [-0.4, -0.2) is 12.6 Å². The summed E-state index contributed by atoms with van der Waals surface area (Å²) < 4.78 is 0. The average molecular weight is 179 g/mol. The normalized spacial score (nSPS) is 17.5. The topological polar surface area (TPSA) is 12.0 Å². The number of allylic oxidation sites excluding steroid dienone is 2. The molecule has 0 aromatic carbocycles. The van der Waals surface area contributed by atoms with Crippen LogP contribution in [0, 0.1) is 0 Å². The zero-order chi connectivity index (χ0) is 9.52. The Balaban J connectivity index is 1.96. The lowest BCUT2D eigenvalue weighted by Crippen LogP contribution is -2.16. The van der Waals surface area contributed by atoms with Crippen LogP contribution in [0.25, 0.3) is 0 Å². The average Bonchev–Trinajstić information content (AvgIpc) is 2.92. The highest BCUT2D eigenvalue weighted by Crippen LogP contribution is 2.18. The van der Waals surface area contributed by atoms with Crippen LogP contribution in [0.15, 0.2) is 24.3 Å². The summed E-state index contributed by atoms with van der Waals surface area (Å²) in [5.74, 6) is 0. The van der Waals surface area contributed by atoms with Crippen LogP contribution in [0.3, 0.4) is 0 Å². The third-order valence-electron chi connectivity index (χ3n) is 2.39. The van der Waals surface area contributed by atoms with Crippen molar-refractivity contribution in [1.29, 1.82) is 0 Å². The maximum atomic E-state index is 3.72. The largest absolute Gasteiger partial charge is 0.314 e. The minimum absolute atomic E-state index is 0.849. The molecule has 0 aliphatic heterocycles. The lowest BCUT2D eigenvalue weighted by atomic mass is 10.1. The van der Waals surface area contributed by atoms with E-state index in [1.54, 1.807) is 0 Å². The molecule has 1 nitrogen and oxygen atoms in total. The molecule has 0 saturated heterocycles. The van der Waals surface area contributed by atoms with Crippen molar-refractivity contribution in [3.05, 3.63) is 24.3 Å². The number of hydrogen-bond donors (Lipinski definition) is 1. The highest BCUT2D eigenvalue weighted by molar-refractivity contribution is 4.99. The molecule has 0 unspecified atom stereocenters. The van der Waals surface area contributed by atoms with Crippen LogP contribution in [0.2, 0.25) is 0 Å². The van der Waals surface area contributed by atoms with Crippen molar-refractivity contribution in [2.75, 3.05) is 6.54 Å². The van der Waals surface area contributed by atoms with E-state index >= 15 is 0 Å². The third kappa shape index (κ3) is 5.64. The Hall–Kier alpha value is -0.560. The summed E-state index contributed by atoms with van der Waals surface area (Å²) in [7, 11) is 0. The Bertz CT molecular complexity index is 178. The molecule has 0 amide bonds. The Kier molecular flexibility index (Phi) is 4.84. The smallest absolute Gasteiger partial charge is 0.00683 e. The molecule has 0 aromatic heterocycles. The van der Waals surface area contributed by atoms with E-state index in [1.165, 1.54) is 31.3 Å². The summed E-state index contributed by atoms with van der Waals surface area (Å²) in [5, 5.41) is 3.50. The first kappa shape index (κ1) is 10.5. The van der Waals surface area contributed by atoms with E-state index in [0.29, 0.717) is 0 Å². The highest BCUT2D eigenvalue weighted by atomic mass is 14.9. The van der Waals surface area contributed by atoms with Gasteiger partial charge in [-0.25, -0.2) is 0 Å². The van der Waals surface area contributed by atoms with Crippen molar-refractivity contribution in [1.82, 2.24) is 5.32 Å². The van der Waals surface area contributed by atoms with Crippen molar-refractivity contribution in [2.24, 2.45) is 0 Å². The van der Waals surface area contributed by atoms with Gasteiger partial charge in [0.05, 0.1) is 0 Å². The standard InChI is InChI=1S/C12H21N/c1-3-4-6-11(2)7-5-10-13-12-8-9-12/h3,7,12-13H,1,4-6,8-10H2,2H3. The fraction of sp³-hybridized carbons (Fsp3) is 0.667. The summed E-state index contributed by atoms with van der Waals surface area (Å²) in [6.07, 6.45) is 10.6. The van der Waals surface area contributed by atoms with Crippen molar-refractivity contribution in [3.8, 4) is 0 Å². The van der Waals surface area contributed by atoms with Crippen molar-refractivity contribution >= 4 is 0 Å². The molecule has 13 heavy (non-hydrogen) atoms. The van der Waals surface area contributed by atoms with Gasteiger partial charge in [-0.05, 0) is 45.6 Å². The SMILES string of the molecule is C=CCCC(C)=CCCNC1CC1. The van der Waals surface area contributed by atoms with Crippen LogP contribution >= 0.6 is 0 Å². The Morgan fingerprint density at radius 2 is 2.23 bits per heavy atom. The van der Waals surface area contributed by atoms with Crippen molar-refractivity contribution < 1.29 is 0 Å². The molecule has 0 bridgehead atoms. The minimum Gasteiger partial charge on any atom is -0.314 e. The van der Waals surface area contributed by atoms with Gasteiger partial charge in [0, 0.05) is 6.04 Å². The molecule has 1 N–H and O–H groups in total. The van der Waals surface area contributed by atoms with Gasteiger partial charge >= 0.3 is 0 Å². The summed E-state index contributed by atoms with van der Waals surface area (Å²) in [6, 6.07) is 0.849. The fourth-order valence-corrected chi connectivity index (χ4v) is 1.33. The van der Waals surface area contributed by atoms with Gasteiger partial charge in [0.25, 0.3) is 0 Å². The summed E-state index contributed by atoms with van der Waals surface area (Å²) in [6.45, 7) is 7.08. The van der Waals surface area contributed by atoms with Gasteiger partial charge in [0.1, 0.15) is 0 Å². The van der Waals surface area contributed by atoms with Gasteiger partial charge in [0.15, 0.2) is 0 Å². The first-order valence-electron chi connectivity index (χ1n) is 5.33. The molecule has 0 aromatic rings. The summed E-state index contributed by atoms with van der Waals surface area (Å²) >= 11 is 0. The van der Waals surface area contributed by atoms with Crippen LogP contribution in [-0.2, 0) is 0 Å². The predicted molar refractivity (Wildman–Crippen MR) is 58.8 cm³/mol. The lowest BCUT2D eigenvalue weighted by Gasteiger charge is -2.00. The zero-order valence-corrected chi connectivity index (χ0v) is 8.68. The number of hydrogen-bond acceptors (Lipinski definition) is 1. The third-order valence-corrected chi connectivity index (χ3v) is 2.39. The van der Waals surface area contributed by atoms with E-state index in [9.17, 15) is 0 Å². The van der Waals surface area contributed by atoms with Crippen LogP contribution in [0.1, 0.15) is 39.0 Å². The zero-order valence-electron chi connectivity index (χ0n) is 8.68. The second kappa shape index (κ2) is 5.98. The summed E-state index contributed by atoms with van der Waals surface area (Å²) in [5.41, 5.74) is 1.50. The van der Waals surface area contributed by atoms with E-state index in [1.807, 2.05) is 6.08 Å². The van der Waals surface area contributed by atoms with Gasteiger partial charge in [-0.1, -0.05) is 17.7 Å². The molecule has 1 aliphatic carbocycles. The Morgan fingerprint density at radius 1 is 1.46 bits per heavy atom. The molecule has 1 aliphatic rings. The first-order valence-corrected chi connectivity index (χ1v) is 5.33. The lowest BCUT2D eigenvalue weighted by molar-refractivity contribution is 0.688. The van der Waals surface area contributed by atoms with Gasteiger partial charge in [-0.2, -0.15) is 0 Å². The molecule has 1 rings (SSSR count). The minimum atomic E-state index is 0.849. The van der Waals surface area contributed by atoms with Gasteiger partial charge in [-0.3, -0.25) is 0 Å². The fourth-order valence-electron chi connectivity index (χ4n) is 1.33. The second-order valence-electron chi connectivity index (χ2n) is 3.89. The Morgan fingerprint density at radius 3 is 2.85 bits per heavy atom. The predicted octanol–water partition coefficient (Wildman–Crippen LogP) is 3.04. The molecular weight excluding hydrogens is 158 g/mol. The number of rotatable bonds is 7. The molecule has 0 atom stereocenters. The van der Waals surface area contributed by atoms with Gasteiger partial charge < -0.3 is 5.32 Å². The molecule has 1 heteroatoms. The van der Waals surface area contributed by atoms with Crippen molar-refractivity contribution in [2.45, 2.75) is 45.1 Å². The van der Waals surface area contributed by atoms with E-state index < -0.39 is 0 Å². The van der Waals surface area contributed by atoms with Gasteiger partial charge in [0.2, 0.25) is 0 Å². The van der Waals surface area contributed by atoms with Gasteiger partial charge in [-0.15, -0.1) is 6.58 Å². The summed E-state index contributed by atoms with van der Waals surface area (Å²) in [4.78, 5) is 0. The van der Waals surface area contributed by atoms with E-state index in [2.05, 4.69) is 24.9 Å². The van der Waals surface area contributed by atoms with E-state index in [4.69, 9.17) is 0 Å². The molecule has 0 spiro atoms. The first-order chi connectivity index (χ1) is 6.33.